The zero-order chi connectivity index (χ0) is 15.6. The Labute approximate surface area is 120 Å². The molecule has 0 saturated heterocycles. The molecule has 8 heteroatoms. The second-order valence-corrected chi connectivity index (χ2v) is 8.73. The average Bonchev–Trinajstić information content (AvgIpc) is 2.30. The van der Waals surface area contributed by atoms with Crippen molar-refractivity contribution in [2.45, 2.75) is 31.7 Å². The van der Waals surface area contributed by atoms with Crippen LogP contribution in [0.5, 0.6) is 0 Å². The summed E-state index contributed by atoms with van der Waals surface area (Å²) in [6, 6.07) is 4.14. The van der Waals surface area contributed by atoms with E-state index in [4.69, 9.17) is 5.14 Å². The molecule has 0 aromatic heterocycles. The normalized spacial score (nSPS) is 14.0. The van der Waals surface area contributed by atoms with Gasteiger partial charge in [-0.05, 0) is 31.5 Å². The Balaban J connectivity index is 2.98. The summed E-state index contributed by atoms with van der Waals surface area (Å²) in [5.41, 5.74) is 1.38. The van der Waals surface area contributed by atoms with Gasteiger partial charge in [-0.25, -0.2) is 22.0 Å². The Kier molecular flexibility index (Phi) is 5.17. The first-order valence-electron chi connectivity index (χ1n) is 6.15. The highest BCUT2D eigenvalue weighted by Crippen LogP contribution is 2.20. The predicted molar refractivity (Wildman–Crippen MR) is 80.0 cm³/mol. The Morgan fingerprint density at radius 3 is 2.35 bits per heavy atom. The van der Waals surface area contributed by atoms with Crippen molar-refractivity contribution >= 4 is 25.5 Å². The standard InChI is InChI=1S/C12H20N2O4S2/c1-4-19(15,16)8-10(3)14-12-7-11(20(13,17)18)6-5-9(12)2/h5-7,10,14H,4,8H2,1-3H3,(H2,13,17,18). The number of nitrogens with two attached hydrogens (primary N) is 1. The van der Waals surface area contributed by atoms with E-state index >= 15 is 0 Å². The van der Waals surface area contributed by atoms with Gasteiger partial charge in [0.15, 0.2) is 9.84 Å². The molecule has 0 fully saturated rings. The number of primary sulfonamides is 1. The average molecular weight is 320 g/mol. The molecule has 3 N–H and O–H groups in total. The zero-order valence-electron chi connectivity index (χ0n) is 11.8. The van der Waals surface area contributed by atoms with Crippen molar-refractivity contribution in [2.75, 3.05) is 16.8 Å². The molecular formula is C12H20N2O4S2. The van der Waals surface area contributed by atoms with Gasteiger partial charge in [-0.1, -0.05) is 13.0 Å². The van der Waals surface area contributed by atoms with Crippen molar-refractivity contribution in [1.82, 2.24) is 0 Å². The minimum absolute atomic E-state index is 0.00357. The summed E-state index contributed by atoms with van der Waals surface area (Å²) < 4.78 is 45.7. The number of hydrogen-bond donors (Lipinski definition) is 2. The quantitative estimate of drug-likeness (QED) is 0.809. The van der Waals surface area contributed by atoms with Crippen LogP contribution in [-0.4, -0.2) is 34.4 Å². The molecule has 0 heterocycles. The lowest BCUT2D eigenvalue weighted by molar-refractivity contribution is 0.592. The lowest BCUT2D eigenvalue weighted by Crippen LogP contribution is -2.27. The summed E-state index contributed by atoms with van der Waals surface area (Å²) in [5, 5.41) is 8.09. The maximum Gasteiger partial charge on any atom is 0.238 e. The van der Waals surface area contributed by atoms with Gasteiger partial charge >= 0.3 is 0 Å². The predicted octanol–water partition coefficient (Wildman–Crippen LogP) is 0.878. The van der Waals surface area contributed by atoms with Crippen molar-refractivity contribution in [1.29, 1.82) is 0 Å². The number of hydrogen-bond acceptors (Lipinski definition) is 5. The van der Waals surface area contributed by atoms with Gasteiger partial charge in [0.2, 0.25) is 10.0 Å². The summed E-state index contributed by atoms with van der Waals surface area (Å²) in [6.45, 7) is 5.13. The summed E-state index contributed by atoms with van der Waals surface area (Å²) in [5.74, 6) is 0.0672. The van der Waals surface area contributed by atoms with Crippen LogP contribution in [0.25, 0.3) is 0 Å². The van der Waals surface area contributed by atoms with Gasteiger partial charge in [0, 0.05) is 17.5 Å². The number of anilines is 1. The Morgan fingerprint density at radius 2 is 1.85 bits per heavy atom. The SMILES string of the molecule is CCS(=O)(=O)CC(C)Nc1cc(S(N)(=O)=O)ccc1C. The van der Waals surface area contributed by atoms with Gasteiger partial charge in [-0.3, -0.25) is 0 Å². The lowest BCUT2D eigenvalue weighted by Gasteiger charge is -2.17. The molecule has 1 unspecified atom stereocenters. The molecule has 1 aromatic rings. The summed E-state index contributed by atoms with van der Waals surface area (Å²) in [6.07, 6.45) is 0. The molecule has 0 radical (unpaired) electrons. The summed E-state index contributed by atoms with van der Waals surface area (Å²) in [4.78, 5) is -0.00357. The topological polar surface area (TPSA) is 106 Å². The van der Waals surface area contributed by atoms with Crippen LogP contribution < -0.4 is 10.5 Å². The highest BCUT2D eigenvalue weighted by Gasteiger charge is 2.15. The fourth-order valence-corrected chi connectivity index (χ4v) is 3.36. The van der Waals surface area contributed by atoms with Crippen LogP contribution in [0.3, 0.4) is 0 Å². The van der Waals surface area contributed by atoms with Gasteiger partial charge < -0.3 is 5.32 Å². The number of sulfone groups is 1. The van der Waals surface area contributed by atoms with Crippen LogP contribution >= 0.6 is 0 Å². The van der Waals surface area contributed by atoms with E-state index < -0.39 is 19.9 Å². The Morgan fingerprint density at radius 1 is 1.25 bits per heavy atom. The fraction of sp³-hybridized carbons (Fsp3) is 0.500. The molecule has 20 heavy (non-hydrogen) atoms. The lowest BCUT2D eigenvalue weighted by atomic mass is 10.2. The van der Waals surface area contributed by atoms with E-state index in [1.807, 2.05) is 0 Å². The molecule has 0 aliphatic carbocycles. The smallest absolute Gasteiger partial charge is 0.238 e. The first kappa shape index (κ1) is 16.9. The number of sulfonamides is 1. The van der Waals surface area contributed by atoms with Gasteiger partial charge in [-0.2, -0.15) is 0 Å². The fourth-order valence-electron chi connectivity index (χ4n) is 1.74. The minimum atomic E-state index is -3.78. The highest BCUT2D eigenvalue weighted by molar-refractivity contribution is 7.91. The van der Waals surface area contributed by atoms with Gasteiger partial charge in [0.05, 0.1) is 10.6 Å². The van der Waals surface area contributed by atoms with E-state index in [-0.39, 0.29) is 22.4 Å². The molecule has 0 amide bonds. The molecule has 1 aromatic carbocycles. The molecule has 0 aliphatic rings. The Bertz CT molecular complexity index is 681. The molecule has 0 bridgehead atoms. The molecule has 0 aliphatic heterocycles. The van der Waals surface area contributed by atoms with Gasteiger partial charge in [0.25, 0.3) is 0 Å². The summed E-state index contributed by atoms with van der Waals surface area (Å²) >= 11 is 0. The zero-order valence-corrected chi connectivity index (χ0v) is 13.4. The molecule has 1 atom stereocenters. The third kappa shape index (κ3) is 4.77. The Hall–Kier alpha value is -1.12. The van der Waals surface area contributed by atoms with E-state index in [9.17, 15) is 16.8 Å². The molecule has 1 rings (SSSR count). The van der Waals surface area contributed by atoms with Crippen molar-refractivity contribution in [3.8, 4) is 0 Å². The van der Waals surface area contributed by atoms with Crippen LogP contribution in [0.1, 0.15) is 19.4 Å². The monoisotopic (exact) mass is 320 g/mol. The van der Waals surface area contributed by atoms with Crippen LogP contribution in [0.15, 0.2) is 23.1 Å². The van der Waals surface area contributed by atoms with Crippen molar-refractivity contribution < 1.29 is 16.8 Å². The first-order valence-corrected chi connectivity index (χ1v) is 9.52. The second kappa shape index (κ2) is 6.11. The number of benzene rings is 1. The maximum atomic E-state index is 11.6. The number of rotatable bonds is 6. The van der Waals surface area contributed by atoms with Crippen molar-refractivity contribution in [2.24, 2.45) is 5.14 Å². The first-order chi connectivity index (χ1) is 9.05. The van der Waals surface area contributed by atoms with Crippen LogP contribution in [0.4, 0.5) is 5.69 Å². The van der Waals surface area contributed by atoms with Crippen molar-refractivity contribution in [3.05, 3.63) is 23.8 Å². The van der Waals surface area contributed by atoms with Gasteiger partial charge in [-0.15, -0.1) is 0 Å². The molecule has 0 saturated carbocycles. The van der Waals surface area contributed by atoms with Gasteiger partial charge in [0.1, 0.15) is 0 Å². The summed E-state index contributed by atoms with van der Waals surface area (Å²) in [7, 11) is -6.87. The molecular weight excluding hydrogens is 300 g/mol. The second-order valence-electron chi connectivity index (χ2n) is 4.77. The molecule has 6 nitrogen and oxygen atoms in total. The van der Waals surface area contributed by atoms with Crippen LogP contribution in [0.2, 0.25) is 0 Å². The van der Waals surface area contributed by atoms with E-state index in [1.54, 1.807) is 26.8 Å². The van der Waals surface area contributed by atoms with E-state index in [0.29, 0.717) is 5.69 Å². The van der Waals surface area contributed by atoms with Crippen LogP contribution in [0, 0.1) is 6.92 Å². The van der Waals surface area contributed by atoms with Crippen LogP contribution in [-0.2, 0) is 19.9 Å². The van der Waals surface area contributed by atoms with E-state index in [0.717, 1.165) is 5.56 Å². The number of aryl methyl sites for hydroxylation is 1. The molecule has 0 spiro atoms. The minimum Gasteiger partial charge on any atom is -0.381 e. The third-order valence-corrected chi connectivity index (χ3v) is 5.68. The van der Waals surface area contributed by atoms with Crippen molar-refractivity contribution in [3.63, 3.8) is 0 Å². The third-order valence-electron chi connectivity index (χ3n) is 2.88. The molecule has 114 valence electrons. The number of nitrogens with one attached hydrogen (secondary N) is 1. The van der Waals surface area contributed by atoms with E-state index in [2.05, 4.69) is 5.32 Å². The van der Waals surface area contributed by atoms with E-state index in [1.165, 1.54) is 12.1 Å². The maximum absolute atomic E-state index is 11.6. The highest BCUT2D eigenvalue weighted by atomic mass is 32.2. The largest absolute Gasteiger partial charge is 0.381 e.